The average molecular weight is 491 g/mol. The lowest BCUT2D eigenvalue weighted by Crippen LogP contribution is -2.13. The van der Waals surface area contributed by atoms with Crippen LogP contribution in [-0.4, -0.2) is 26.8 Å². The van der Waals surface area contributed by atoms with E-state index in [0.717, 1.165) is 27.4 Å². The number of amides is 1. The number of thioether (sulfide) groups is 1. The third-order valence-electron chi connectivity index (χ3n) is 3.70. The molecule has 2 aromatic heterocycles. The highest BCUT2D eigenvalue weighted by Gasteiger charge is 2.13. The molecule has 146 valence electrons. The van der Waals surface area contributed by atoms with Crippen LogP contribution in [0.25, 0.3) is 22.7 Å². The number of thiazole rings is 1. The highest BCUT2D eigenvalue weighted by Crippen LogP contribution is 2.27. The van der Waals surface area contributed by atoms with Crippen LogP contribution in [0.5, 0.6) is 0 Å². The van der Waals surface area contributed by atoms with Crippen LogP contribution in [0, 0.1) is 5.82 Å². The number of hydrogen-bond donors (Lipinski definition) is 1. The van der Waals surface area contributed by atoms with Crippen LogP contribution in [-0.2, 0) is 4.79 Å². The molecule has 0 saturated heterocycles. The number of carbonyl (C=O) groups excluding carboxylic acids is 1. The second-order valence-electron chi connectivity index (χ2n) is 5.77. The first-order valence-corrected chi connectivity index (χ1v) is 11.0. The Labute approximate surface area is 181 Å². The van der Waals surface area contributed by atoms with Gasteiger partial charge in [-0.15, -0.1) is 21.5 Å². The number of hydrogen-bond acceptors (Lipinski definition) is 7. The maximum Gasteiger partial charge on any atom is 0.277 e. The summed E-state index contributed by atoms with van der Waals surface area (Å²) in [7, 11) is 0. The molecular formula is C19H12BrFN4O2S2. The van der Waals surface area contributed by atoms with Crippen LogP contribution in [0.3, 0.4) is 0 Å². The molecule has 0 aliphatic carbocycles. The van der Waals surface area contributed by atoms with Gasteiger partial charge in [0, 0.05) is 21.0 Å². The van der Waals surface area contributed by atoms with Crippen molar-refractivity contribution in [3.8, 4) is 22.7 Å². The van der Waals surface area contributed by atoms with Crippen molar-refractivity contribution in [2.45, 2.75) is 5.22 Å². The SMILES string of the molecule is O=C(CSc1nnc(-c2cccc(Br)c2)o1)Nc1nc(-c2ccc(F)cc2)cs1. The molecule has 2 aromatic carbocycles. The van der Waals surface area contributed by atoms with Gasteiger partial charge >= 0.3 is 0 Å². The average Bonchev–Trinajstić information content (AvgIpc) is 3.37. The van der Waals surface area contributed by atoms with Crippen LogP contribution >= 0.6 is 39.0 Å². The van der Waals surface area contributed by atoms with Crippen LogP contribution in [0.15, 0.2) is 68.0 Å². The molecule has 0 aliphatic heterocycles. The molecule has 0 aliphatic rings. The molecule has 29 heavy (non-hydrogen) atoms. The summed E-state index contributed by atoms with van der Waals surface area (Å²) in [5.74, 6) is -0.0557. The fourth-order valence-corrected chi connectivity index (χ4v) is 4.07. The molecular weight excluding hydrogens is 479 g/mol. The molecule has 4 rings (SSSR count). The van der Waals surface area contributed by atoms with E-state index in [1.165, 1.54) is 23.5 Å². The Bertz CT molecular complexity index is 1150. The molecule has 1 amide bonds. The van der Waals surface area contributed by atoms with Crippen molar-refractivity contribution in [1.29, 1.82) is 0 Å². The van der Waals surface area contributed by atoms with Crippen molar-refractivity contribution in [2.24, 2.45) is 0 Å². The minimum atomic E-state index is -0.307. The highest BCUT2D eigenvalue weighted by molar-refractivity contribution is 9.10. The lowest BCUT2D eigenvalue weighted by molar-refractivity contribution is -0.113. The topological polar surface area (TPSA) is 80.9 Å². The van der Waals surface area contributed by atoms with Crippen molar-refractivity contribution in [3.05, 3.63) is 64.2 Å². The van der Waals surface area contributed by atoms with Gasteiger partial charge in [-0.2, -0.15) is 0 Å². The maximum atomic E-state index is 13.0. The normalized spacial score (nSPS) is 10.8. The molecule has 0 spiro atoms. The summed E-state index contributed by atoms with van der Waals surface area (Å²) in [6.07, 6.45) is 0. The predicted molar refractivity (Wildman–Crippen MR) is 114 cm³/mol. The number of carbonyl (C=O) groups is 1. The fourth-order valence-electron chi connectivity index (χ4n) is 2.37. The smallest absolute Gasteiger partial charge is 0.277 e. The van der Waals surface area contributed by atoms with E-state index in [4.69, 9.17) is 4.42 Å². The molecule has 0 saturated carbocycles. The molecule has 10 heteroatoms. The Kier molecular flexibility index (Phi) is 6.02. The molecule has 0 unspecified atom stereocenters. The highest BCUT2D eigenvalue weighted by atomic mass is 79.9. The van der Waals surface area contributed by atoms with E-state index in [1.807, 2.05) is 24.3 Å². The van der Waals surface area contributed by atoms with E-state index < -0.39 is 0 Å². The summed E-state index contributed by atoms with van der Waals surface area (Å²) < 4.78 is 19.5. The standard InChI is InChI=1S/C19H12BrFN4O2S2/c20-13-3-1-2-12(8-13)17-24-25-19(27-17)29-10-16(26)23-18-22-15(9-28-18)11-4-6-14(21)7-5-11/h1-9H,10H2,(H,22,23,26). The van der Waals surface area contributed by atoms with Gasteiger partial charge in [-0.3, -0.25) is 4.79 Å². The van der Waals surface area contributed by atoms with Crippen molar-refractivity contribution in [1.82, 2.24) is 15.2 Å². The number of nitrogens with one attached hydrogen (secondary N) is 1. The van der Waals surface area contributed by atoms with Crippen LogP contribution in [0.2, 0.25) is 0 Å². The zero-order chi connectivity index (χ0) is 20.2. The van der Waals surface area contributed by atoms with Crippen molar-refractivity contribution in [3.63, 3.8) is 0 Å². The Morgan fingerprint density at radius 2 is 2.00 bits per heavy atom. The van der Waals surface area contributed by atoms with Gasteiger partial charge in [-0.05, 0) is 42.5 Å². The van der Waals surface area contributed by atoms with Crippen LogP contribution < -0.4 is 5.32 Å². The van der Waals surface area contributed by atoms with Crippen molar-refractivity contribution < 1.29 is 13.6 Å². The molecule has 0 radical (unpaired) electrons. The summed E-state index contributed by atoms with van der Waals surface area (Å²) >= 11 is 5.84. The molecule has 1 N–H and O–H groups in total. The summed E-state index contributed by atoms with van der Waals surface area (Å²) in [6.45, 7) is 0. The van der Waals surface area contributed by atoms with Crippen LogP contribution in [0.4, 0.5) is 9.52 Å². The van der Waals surface area contributed by atoms with Crippen molar-refractivity contribution in [2.75, 3.05) is 11.1 Å². The molecule has 0 bridgehead atoms. The van der Waals surface area contributed by atoms with E-state index in [0.29, 0.717) is 21.9 Å². The zero-order valence-corrected chi connectivity index (χ0v) is 17.9. The first kappa shape index (κ1) is 19.7. The molecule has 0 fully saturated rings. The monoisotopic (exact) mass is 490 g/mol. The van der Waals surface area contributed by atoms with E-state index in [2.05, 4.69) is 36.4 Å². The lowest BCUT2D eigenvalue weighted by Gasteiger charge is -1.99. The van der Waals surface area contributed by atoms with Gasteiger partial charge in [0.1, 0.15) is 5.82 Å². The summed E-state index contributed by atoms with van der Waals surface area (Å²) in [5.41, 5.74) is 2.25. The number of rotatable bonds is 6. The van der Waals surface area contributed by atoms with Crippen molar-refractivity contribution >= 4 is 50.1 Å². The van der Waals surface area contributed by atoms with Gasteiger partial charge in [0.25, 0.3) is 5.22 Å². The van der Waals surface area contributed by atoms with Gasteiger partial charge in [0.15, 0.2) is 5.13 Å². The molecule has 0 atom stereocenters. The van der Waals surface area contributed by atoms with Gasteiger partial charge < -0.3 is 9.73 Å². The van der Waals surface area contributed by atoms with Crippen LogP contribution in [0.1, 0.15) is 0 Å². The summed E-state index contributed by atoms with van der Waals surface area (Å²) in [4.78, 5) is 16.5. The Hall–Kier alpha value is -2.56. The minimum absolute atomic E-state index is 0.103. The van der Waals surface area contributed by atoms with E-state index in [1.54, 1.807) is 17.5 Å². The van der Waals surface area contributed by atoms with E-state index in [-0.39, 0.29) is 17.5 Å². The number of aromatic nitrogens is 3. The predicted octanol–water partition coefficient (Wildman–Crippen LogP) is 5.49. The second-order valence-corrected chi connectivity index (χ2v) is 8.47. The lowest BCUT2D eigenvalue weighted by atomic mass is 10.2. The zero-order valence-electron chi connectivity index (χ0n) is 14.6. The van der Waals surface area contributed by atoms with Gasteiger partial charge in [-0.25, -0.2) is 9.37 Å². The maximum absolute atomic E-state index is 13.0. The van der Waals surface area contributed by atoms with Gasteiger partial charge in [0.2, 0.25) is 11.8 Å². The first-order valence-electron chi connectivity index (χ1n) is 8.30. The van der Waals surface area contributed by atoms with Gasteiger partial charge in [-0.1, -0.05) is 33.8 Å². The third kappa shape index (κ3) is 5.08. The second kappa shape index (κ2) is 8.85. The first-order chi connectivity index (χ1) is 14.1. The van der Waals surface area contributed by atoms with Gasteiger partial charge in [0.05, 0.1) is 11.4 Å². The van der Waals surface area contributed by atoms with E-state index >= 15 is 0 Å². The van der Waals surface area contributed by atoms with E-state index in [9.17, 15) is 9.18 Å². The quantitative estimate of drug-likeness (QED) is 0.359. The number of nitrogens with zero attached hydrogens (tertiary/aromatic N) is 3. The molecule has 2 heterocycles. The summed E-state index contributed by atoms with van der Waals surface area (Å²) in [6, 6.07) is 13.5. The minimum Gasteiger partial charge on any atom is -0.411 e. The number of benzene rings is 2. The molecule has 4 aromatic rings. The Morgan fingerprint density at radius 1 is 1.17 bits per heavy atom. The largest absolute Gasteiger partial charge is 0.411 e. The third-order valence-corrected chi connectivity index (χ3v) is 5.76. The number of halogens is 2. The Balaban J connectivity index is 1.33. The fraction of sp³-hybridized carbons (Fsp3) is 0.0526. The summed E-state index contributed by atoms with van der Waals surface area (Å²) in [5, 5.41) is 13.3. The number of anilines is 1. The molecule has 6 nitrogen and oxygen atoms in total. The Morgan fingerprint density at radius 3 is 2.79 bits per heavy atom.